The van der Waals surface area contributed by atoms with Crippen molar-refractivity contribution in [3.63, 3.8) is 0 Å². The SMILES string of the molecule is COC(=O)CCc1ccc(CC(NC(=O)[C@@H](CC(C)C)c2ccc(NC(=O)c3ccccc3)cc2)C(=O)OC)cc1. The summed E-state index contributed by atoms with van der Waals surface area (Å²) >= 11 is 0. The number of carbonyl (C=O) groups excluding carboxylic acids is 4. The van der Waals surface area contributed by atoms with E-state index in [4.69, 9.17) is 4.74 Å². The van der Waals surface area contributed by atoms with Gasteiger partial charge in [0.2, 0.25) is 5.91 Å². The van der Waals surface area contributed by atoms with E-state index in [-0.39, 0.29) is 36.5 Å². The average molecular weight is 559 g/mol. The minimum absolute atomic E-state index is 0.216. The Morgan fingerprint density at radius 2 is 1.41 bits per heavy atom. The van der Waals surface area contributed by atoms with Crippen LogP contribution in [-0.4, -0.2) is 44.0 Å². The fourth-order valence-corrected chi connectivity index (χ4v) is 4.49. The molecule has 0 heterocycles. The van der Waals surface area contributed by atoms with E-state index in [0.29, 0.717) is 24.1 Å². The second-order valence-electron chi connectivity index (χ2n) is 10.3. The van der Waals surface area contributed by atoms with Crippen molar-refractivity contribution in [1.82, 2.24) is 5.32 Å². The number of amides is 2. The number of ether oxygens (including phenoxy) is 2. The van der Waals surface area contributed by atoms with E-state index in [0.717, 1.165) is 16.7 Å². The van der Waals surface area contributed by atoms with Gasteiger partial charge in [0.25, 0.3) is 5.91 Å². The second-order valence-corrected chi connectivity index (χ2v) is 10.3. The molecule has 0 aliphatic heterocycles. The highest BCUT2D eigenvalue weighted by Crippen LogP contribution is 2.26. The quantitative estimate of drug-likeness (QED) is 0.283. The van der Waals surface area contributed by atoms with Gasteiger partial charge in [0.05, 0.1) is 20.1 Å². The number of esters is 2. The molecule has 41 heavy (non-hydrogen) atoms. The zero-order valence-corrected chi connectivity index (χ0v) is 24.0. The smallest absolute Gasteiger partial charge is 0.328 e. The monoisotopic (exact) mass is 558 g/mol. The highest BCUT2D eigenvalue weighted by atomic mass is 16.5. The van der Waals surface area contributed by atoms with Crippen molar-refractivity contribution in [1.29, 1.82) is 0 Å². The number of rotatable bonds is 13. The molecule has 0 spiro atoms. The van der Waals surface area contributed by atoms with Gasteiger partial charge in [-0.15, -0.1) is 0 Å². The lowest BCUT2D eigenvalue weighted by Crippen LogP contribution is -2.45. The Morgan fingerprint density at radius 3 is 2.00 bits per heavy atom. The standard InChI is InChI=1S/C33H38N2O6/c1-22(2)20-28(25-15-17-27(18-16-25)34-31(37)26-8-6-5-7-9-26)32(38)35-29(33(39)41-4)21-24-12-10-23(11-13-24)14-19-30(36)40-3/h5-13,15-18,22,28-29H,14,19-21H2,1-4H3,(H,34,37)(H,35,38)/t28-,29?/m0/s1. The zero-order chi connectivity index (χ0) is 29.8. The van der Waals surface area contributed by atoms with Crippen LogP contribution in [0.2, 0.25) is 0 Å². The summed E-state index contributed by atoms with van der Waals surface area (Å²) in [5.41, 5.74) is 3.78. The number of nitrogens with one attached hydrogen (secondary N) is 2. The van der Waals surface area contributed by atoms with Gasteiger partial charge in [-0.05, 0) is 59.7 Å². The Bertz CT molecular complexity index is 1300. The van der Waals surface area contributed by atoms with Gasteiger partial charge in [-0.2, -0.15) is 0 Å². The first-order chi connectivity index (χ1) is 19.7. The Kier molecular flexibility index (Phi) is 11.6. The maximum Gasteiger partial charge on any atom is 0.328 e. The lowest BCUT2D eigenvalue weighted by Gasteiger charge is -2.23. The third kappa shape index (κ3) is 9.60. The van der Waals surface area contributed by atoms with Crippen molar-refractivity contribution in [3.8, 4) is 0 Å². The Labute approximate surface area is 241 Å². The molecule has 8 heteroatoms. The normalized spacial score (nSPS) is 12.2. The summed E-state index contributed by atoms with van der Waals surface area (Å²) in [6.07, 6.45) is 1.67. The van der Waals surface area contributed by atoms with Crippen molar-refractivity contribution in [3.05, 3.63) is 101 Å². The van der Waals surface area contributed by atoms with Crippen LogP contribution in [0, 0.1) is 5.92 Å². The van der Waals surface area contributed by atoms with Gasteiger partial charge < -0.3 is 20.1 Å². The van der Waals surface area contributed by atoms with Crippen LogP contribution in [-0.2, 0) is 36.7 Å². The van der Waals surface area contributed by atoms with Gasteiger partial charge in [0.15, 0.2) is 0 Å². The molecule has 2 amide bonds. The number of carbonyl (C=O) groups is 4. The molecule has 0 bridgehead atoms. The topological polar surface area (TPSA) is 111 Å². The molecule has 8 nitrogen and oxygen atoms in total. The molecule has 0 saturated carbocycles. The third-order valence-electron chi connectivity index (χ3n) is 6.74. The highest BCUT2D eigenvalue weighted by Gasteiger charge is 2.28. The lowest BCUT2D eigenvalue weighted by molar-refractivity contribution is -0.145. The molecule has 3 rings (SSSR count). The molecule has 0 saturated heterocycles. The van der Waals surface area contributed by atoms with Crippen LogP contribution in [0.15, 0.2) is 78.9 Å². The van der Waals surface area contributed by atoms with Crippen LogP contribution >= 0.6 is 0 Å². The number of benzene rings is 3. The Hall–Kier alpha value is -4.46. The van der Waals surface area contributed by atoms with Gasteiger partial charge >= 0.3 is 11.9 Å². The summed E-state index contributed by atoms with van der Waals surface area (Å²) in [6, 6.07) is 22.8. The van der Waals surface area contributed by atoms with Gasteiger partial charge in [-0.3, -0.25) is 14.4 Å². The van der Waals surface area contributed by atoms with Crippen LogP contribution < -0.4 is 10.6 Å². The number of anilines is 1. The molecule has 2 N–H and O–H groups in total. The summed E-state index contributed by atoms with van der Waals surface area (Å²) in [6.45, 7) is 4.07. The minimum atomic E-state index is -0.868. The molecule has 3 aromatic carbocycles. The number of aryl methyl sites for hydroxylation is 1. The summed E-state index contributed by atoms with van der Waals surface area (Å²) in [4.78, 5) is 50.1. The summed E-state index contributed by atoms with van der Waals surface area (Å²) in [5, 5.41) is 5.78. The van der Waals surface area contributed by atoms with E-state index in [2.05, 4.69) is 15.4 Å². The molecule has 0 aliphatic carbocycles. The molecule has 0 fully saturated rings. The van der Waals surface area contributed by atoms with Crippen LogP contribution in [0.1, 0.15) is 59.7 Å². The van der Waals surface area contributed by atoms with E-state index < -0.39 is 17.9 Å². The molecule has 2 atom stereocenters. The van der Waals surface area contributed by atoms with Crippen molar-refractivity contribution in [2.24, 2.45) is 5.92 Å². The summed E-state index contributed by atoms with van der Waals surface area (Å²) in [7, 11) is 2.66. The van der Waals surface area contributed by atoms with Crippen molar-refractivity contribution in [2.75, 3.05) is 19.5 Å². The van der Waals surface area contributed by atoms with Crippen LogP contribution in [0.3, 0.4) is 0 Å². The number of hydrogen-bond acceptors (Lipinski definition) is 6. The molecular weight excluding hydrogens is 520 g/mol. The molecule has 1 unspecified atom stereocenters. The Balaban J connectivity index is 1.70. The molecule has 0 aliphatic rings. The minimum Gasteiger partial charge on any atom is -0.469 e. The van der Waals surface area contributed by atoms with Gasteiger partial charge in [0, 0.05) is 24.1 Å². The van der Waals surface area contributed by atoms with Crippen molar-refractivity contribution in [2.45, 2.75) is 51.5 Å². The predicted octanol–water partition coefficient (Wildman–Crippen LogP) is 5.07. The summed E-state index contributed by atoms with van der Waals surface area (Å²) in [5.74, 6) is -1.57. The van der Waals surface area contributed by atoms with Crippen molar-refractivity contribution >= 4 is 29.4 Å². The van der Waals surface area contributed by atoms with Crippen LogP contribution in [0.25, 0.3) is 0 Å². The predicted molar refractivity (Wildman–Crippen MR) is 157 cm³/mol. The van der Waals surface area contributed by atoms with Gasteiger partial charge in [0.1, 0.15) is 6.04 Å². The fourth-order valence-electron chi connectivity index (χ4n) is 4.49. The van der Waals surface area contributed by atoms with E-state index >= 15 is 0 Å². The third-order valence-corrected chi connectivity index (χ3v) is 6.74. The van der Waals surface area contributed by atoms with E-state index in [9.17, 15) is 19.2 Å². The average Bonchev–Trinajstić information content (AvgIpc) is 2.99. The highest BCUT2D eigenvalue weighted by molar-refractivity contribution is 6.04. The van der Waals surface area contributed by atoms with Crippen LogP contribution in [0.5, 0.6) is 0 Å². The molecule has 0 aromatic heterocycles. The molecular formula is C33H38N2O6. The largest absolute Gasteiger partial charge is 0.469 e. The van der Waals surface area contributed by atoms with E-state index in [1.54, 1.807) is 36.4 Å². The van der Waals surface area contributed by atoms with E-state index in [1.165, 1.54) is 14.2 Å². The molecule has 3 aromatic rings. The van der Waals surface area contributed by atoms with Crippen LogP contribution in [0.4, 0.5) is 5.69 Å². The number of hydrogen-bond donors (Lipinski definition) is 2. The maximum atomic E-state index is 13.5. The lowest BCUT2D eigenvalue weighted by atomic mass is 9.89. The first-order valence-electron chi connectivity index (χ1n) is 13.7. The first-order valence-corrected chi connectivity index (χ1v) is 13.7. The van der Waals surface area contributed by atoms with E-state index in [1.807, 2.05) is 56.3 Å². The van der Waals surface area contributed by atoms with Crippen molar-refractivity contribution < 1.29 is 28.7 Å². The Morgan fingerprint density at radius 1 is 0.780 bits per heavy atom. The molecule has 216 valence electrons. The first kappa shape index (κ1) is 31.1. The zero-order valence-electron chi connectivity index (χ0n) is 24.0. The van der Waals surface area contributed by atoms with Gasteiger partial charge in [-0.25, -0.2) is 4.79 Å². The number of methoxy groups -OCH3 is 2. The fraction of sp³-hybridized carbons (Fsp3) is 0.333. The molecule has 0 radical (unpaired) electrons. The summed E-state index contributed by atoms with van der Waals surface area (Å²) < 4.78 is 9.69. The second kappa shape index (κ2) is 15.4. The maximum absolute atomic E-state index is 13.5. The van der Waals surface area contributed by atoms with Gasteiger partial charge in [-0.1, -0.05) is 68.4 Å².